The molecule has 21 heavy (non-hydrogen) atoms. The first-order valence-corrected chi connectivity index (χ1v) is 9.05. The maximum absolute atomic E-state index is 12.3. The van der Waals surface area contributed by atoms with E-state index in [2.05, 4.69) is 13.8 Å². The van der Waals surface area contributed by atoms with Crippen molar-refractivity contribution in [1.29, 1.82) is 0 Å². The third-order valence-electron chi connectivity index (χ3n) is 7.91. The van der Waals surface area contributed by atoms with Crippen LogP contribution in [0, 0.1) is 40.9 Å². The van der Waals surface area contributed by atoms with Crippen molar-refractivity contribution in [3.8, 4) is 0 Å². The lowest BCUT2D eigenvalue weighted by atomic mass is 9.46. The third kappa shape index (κ3) is 1.90. The van der Waals surface area contributed by atoms with Crippen LogP contribution in [0.1, 0.15) is 65.2 Å². The fourth-order valence-corrected chi connectivity index (χ4v) is 6.84. The summed E-state index contributed by atoms with van der Waals surface area (Å²) >= 11 is 0. The van der Waals surface area contributed by atoms with Gasteiger partial charge in [0.05, 0.1) is 0 Å². The molecule has 0 aromatic heterocycles. The van der Waals surface area contributed by atoms with E-state index in [0.29, 0.717) is 40.7 Å². The van der Waals surface area contributed by atoms with Crippen molar-refractivity contribution < 1.29 is 9.59 Å². The Labute approximate surface area is 128 Å². The molecule has 0 bridgehead atoms. The lowest BCUT2D eigenvalue weighted by Gasteiger charge is -2.58. The van der Waals surface area contributed by atoms with Crippen molar-refractivity contribution in [2.24, 2.45) is 40.9 Å². The van der Waals surface area contributed by atoms with Crippen LogP contribution in [-0.4, -0.2) is 11.6 Å². The highest BCUT2D eigenvalue weighted by Crippen LogP contribution is 2.63. The van der Waals surface area contributed by atoms with Gasteiger partial charge in [-0.05, 0) is 67.1 Å². The van der Waals surface area contributed by atoms with Crippen molar-refractivity contribution in [3.63, 3.8) is 0 Å². The van der Waals surface area contributed by atoms with Crippen molar-refractivity contribution in [2.45, 2.75) is 65.2 Å². The van der Waals surface area contributed by atoms with Crippen molar-refractivity contribution in [1.82, 2.24) is 0 Å². The highest BCUT2D eigenvalue weighted by Gasteiger charge is 2.57. The molecule has 0 aliphatic heterocycles. The lowest BCUT2D eigenvalue weighted by Crippen LogP contribution is -2.53. The Morgan fingerprint density at radius 3 is 2.67 bits per heavy atom. The zero-order chi connectivity index (χ0) is 14.8. The molecule has 116 valence electrons. The molecular weight excluding hydrogens is 260 g/mol. The molecule has 4 aliphatic rings. The van der Waals surface area contributed by atoms with Crippen LogP contribution in [0.4, 0.5) is 0 Å². The number of ketones is 2. The molecule has 2 nitrogen and oxygen atoms in total. The van der Waals surface area contributed by atoms with E-state index in [1.165, 1.54) is 19.3 Å². The van der Waals surface area contributed by atoms with E-state index in [4.69, 9.17) is 0 Å². The molecule has 4 fully saturated rings. The summed E-state index contributed by atoms with van der Waals surface area (Å²) in [4.78, 5) is 24.1. The molecule has 0 radical (unpaired) electrons. The molecular formula is C19H28O2. The van der Waals surface area contributed by atoms with Gasteiger partial charge in [0.2, 0.25) is 0 Å². The van der Waals surface area contributed by atoms with Crippen LogP contribution in [0.5, 0.6) is 0 Å². The molecule has 0 heterocycles. The highest BCUT2D eigenvalue weighted by molar-refractivity contribution is 5.84. The zero-order valence-corrected chi connectivity index (χ0v) is 13.4. The molecule has 0 spiro atoms. The molecule has 0 aromatic carbocycles. The number of hydrogen-bond donors (Lipinski definition) is 0. The van der Waals surface area contributed by atoms with Crippen LogP contribution in [-0.2, 0) is 9.59 Å². The summed E-state index contributed by atoms with van der Waals surface area (Å²) in [6.07, 6.45) is 8.47. The van der Waals surface area contributed by atoms with Gasteiger partial charge in [-0.2, -0.15) is 0 Å². The maximum Gasteiger partial charge on any atom is 0.136 e. The predicted molar refractivity (Wildman–Crippen MR) is 81.7 cm³/mol. The van der Waals surface area contributed by atoms with Crippen LogP contribution in [0.2, 0.25) is 0 Å². The molecule has 0 amide bonds. The summed E-state index contributed by atoms with van der Waals surface area (Å²) in [5, 5.41) is 0. The van der Waals surface area contributed by atoms with E-state index in [1.54, 1.807) is 0 Å². The quantitative estimate of drug-likeness (QED) is 0.674. The van der Waals surface area contributed by atoms with Gasteiger partial charge in [-0.3, -0.25) is 9.59 Å². The number of carbonyl (C=O) groups is 2. The van der Waals surface area contributed by atoms with Crippen molar-refractivity contribution in [3.05, 3.63) is 0 Å². The van der Waals surface area contributed by atoms with Crippen molar-refractivity contribution >= 4 is 11.6 Å². The van der Waals surface area contributed by atoms with Crippen LogP contribution in [0.25, 0.3) is 0 Å². The topological polar surface area (TPSA) is 34.1 Å². The number of rotatable bonds is 0. The Balaban J connectivity index is 1.66. The molecule has 2 heteroatoms. The summed E-state index contributed by atoms with van der Waals surface area (Å²) < 4.78 is 0. The van der Waals surface area contributed by atoms with E-state index >= 15 is 0 Å². The SMILES string of the molecule is C[C@@H]1C[C@H]2[C@@H](CC[C@H]3CC(=O)CC[C@@]32C)[C@@H]2CCC(=O)C12. The molecule has 0 N–H and O–H groups in total. The molecule has 7 atom stereocenters. The standard InChI is InChI=1S/C19H28O2/c1-11-9-16-14(15-5-6-17(21)18(11)15)4-3-12-10-13(20)7-8-19(12,16)2/h11-12,14-16,18H,3-10H2,1-2H3/t11-,12+,14+,15+,16+,18?,19+/m1/s1. The molecule has 0 aromatic rings. The molecule has 1 unspecified atom stereocenters. The summed E-state index contributed by atoms with van der Waals surface area (Å²) in [5.74, 6) is 4.82. The van der Waals surface area contributed by atoms with Gasteiger partial charge < -0.3 is 0 Å². The van der Waals surface area contributed by atoms with E-state index in [0.717, 1.165) is 43.9 Å². The zero-order valence-electron chi connectivity index (χ0n) is 13.4. The number of hydrogen-bond acceptors (Lipinski definition) is 2. The Morgan fingerprint density at radius 2 is 1.86 bits per heavy atom. The normalized spacial score (nSPS) is 53.0. The number of Topliss-reactive ketones (excluding diaryl/α,β-unsaturated/α-hetero) is 2. The lowest BCUT2D eigenvalue weighted by molar-refractivity contribution is -0.140. The van der Waals surface area contributed by atoms with E-state index < -0.39 is 0 Å². The average Bonchev–Trinajstić information content (AvgIpc) is 2.84. The van der Waals surface area contributed by atoms with Crippen LogP contribution < -0.4 is 0 Å². The molecule has 4 rings (SSSR count). The minimum Gasteiger partial charge on any atom is -0.300 e. The number of carbonyl (C=O) groups excluding carboxylic acids is 2. The Morgan fingerprint density at radius 1 is 1.05 bits per heavy atom. The van der Waals surface area contributed by atoms with Crippen LogP contribution >= 0.6 is 0 Å². The maximum atomic E-state index is 12.3. The number of fused-ring (bicyclic) bond motifs is 5. The van der Waals surface area contributed by atoms with Gasteiger partial charge in [0.25, 0.3) is 0 Å². The second-order valence-electron chi connectivity index (χ2n) is 8.70. The van der Waals surface area contributed by atoms with Crippen LogP contribution in [0.3, 0.4) is 0 Å². The largest absolute Gasteiger partial charge is 0.300 e. The fourth-order valence-electron chi connectivity index (χ4n) is 6.84. The van der Waals surface area contributed by atoms with Gasteiger partial charge in [-0.25, -0.2) is 0 Å². The van der Waals surface area contributed by atoms with Gasteiger partial charge in [-0.15, -0.1) is 0 Å². The summed E-state index contributed by atoms with van der Waals surface area (Å²) in [7, 11) is 0. The Kier molecular flexibility index (Phi) is 3.10. The first kappa shape index (κ1) is 14.0. The third-order valence-corrected chi connectivity index (χ3v) is 7.91. The Bertz CT molecular complexity index is 482. The molecule has 4 aliphatic carbocycles. The average molecular weight is 288 g/mol. The first-order chi connectivity index (χ1) is 10.0. The monoisotopic (exact) mass is 288 g/mol. The van der Waals surface area contributed by atoms with Crippen molar-refractivity contribution in [2.75, 3.05) is 0 Å². The smallest absolute Gasteiger partial charge is 0.136 e. The Hall–Kier alpha value is -0.660. The minimum atomic E-state index is 0.372. The summed E-state index contributed by atoms with van der Waals surface area (Å²) in [6.45, 7) is 4.79. The fraction of sp³-hybridized carbons (Fsp3) is 0.895. The summed E-state index contributed by atoms with van der Waals surface area (Å²) in [5.41, 5.74) is 0.377. The van der Waals surface area contributed by atoms with Gasteiger partial charge in [0.1, 0.15) is 11.6 Å². The second kappa shape index (κ2) is 4.67. The minimum absolute atomic E-state index is 0.372. The van der Waals surface area contributed by atoms with E-state index in [-0.39, 0.29) is 0 Å². The van der Waals surface area contributed by atoms with Crippen LogP contribution in [0.15, 0.2) is 0 Å². The van der Waals surface area contributed by atoms with Gasteiger partial charge in [0, 0.05) is 25.2 Å². The highest BCUT2D eigenvalue weighted by atomic mass is 16.1. The van der Waals surface area contributed by atoms with Gasteiger partial charge in [0.15, 0.2) is 0 Å². The molecule has 0 saturated heterocycles. The van der Waals surface area contributed by atoms with Gasteiger partial charge >= 0.3 is 0 Å². The van der Waals surface area contributed by atoms with E-state index in [1.807, 2.05) is 0 Å². The molecule has 4 saturated carbocycles. The second-order valence-corrected chi connectivity index (χ2v) is 8.70. The summed E-state index contributed by atoms with van der Waals surface area (Å²) in [6, 6.07) is 0. The predicted octanol–water partition coefficient (Wildman–Crippen LogP) is 4.02. The first-order valence-electron chi connectivity index (χ1n) is 9.05. The van der Waals surface area contributed by atoms with Gasteiger partial charge in [-0.1, -0.05) is 13.8 Å². The van der Waals surface area contributed by atoms with E-state index in [9.17, 15) is 9.59 Å².